The molecule has 0 spiro atoms. The van der Waals surface area contributed by atoms with Crippen molar-refractivity contribution in [2.24, 2.45) is 0 Å². The van der Waals surface area contributed by atoms with Gasteiger partial charge < -0.3 is 4.90 Å². The highest BCUT2D eigenvalue weighted by Gasteiger charge is 2.32. The largest absolute Gasteiger partial charge is 0.338 e. The number of carbonyl (C=O) groups excluding carboxylic acids is 1. The van der Waals surface area contributed by atoms with Crippen LogP contribution in [0, 0.1) is 4.77 Å². The molecule has 3 heterocycles. The molecule has 4 rings (SSSR count). The molecular weight excluding hydrogens is 442 g/mol. The number of piperazine rings is 1. The van der Waals surface area contributed by atoms with Crippen molar-refractivity contribution in [2.45, 2.75) is 17.9 Å². The maximum Gasteiger partial charge on any atom is 0.245 e. The molecule has 2 aromatic heterocycles. The summed E-state index contributed by atoms with van der Waals surface area (Å²) >= 11 is 6.88. The van der Waals surface area contributed by atoms with Gasteiger partial charge in [-0.05, 0) is 42.7 Å². The number of sulfonamides is 1. The van der Waals surface area contributed by atoms with Gasteiger partial charge in [0.1, 0.15) is 6.04 Å². The van der Waals surface area contributed by atoms with Crippen molar-refractivity contribution in [3.8, 4) is 10.7 Å². The number of benzene rings is 1. The lowest BCUT2D eigenvalue weighted by Gasteiger charge is -2.35. The predicted molar refractivity (Wildman–Crippen MR) is 117 cm³/mol. The first-order valence-corrected chi connectivity index (χ1v) is 12.2. The third kappa shape index (κ3) is 3.85. The Morgan fingerprint density at radius 2 is 1.83 bits per heavy atom. The van der Waals surface area contributed by atoms with Gasteiger partial charge in [-0.2, -0.15) is 9.40 Å². The second-order valence-corrected chi connectivity index (χ2v) is 10.2. The molecule has 1 fully saturated rings. The summed E-state index contributed by atoms with van der Waals surface area (Å²) in [4.78, 5) is 16.0. The zero-order valence-electron chi connectivity index (χ0n) is 16.3. The zero-order valence-corrected chi connectivity index (χ0v) is 18.7. The third-order valence-electron chi connectivity index (χ3n) is 5.12. The molecule has 0 aliphatic carbocycles. The highest BCUT2D eigenvalue weighted by molar-refractivity contribution is 7.89. The molecular formula is C19H21N5O3S3. The lowest BCUT2D eigenvalue weighted by atomic mass is 10.2. The maximum absolute atomic E-state index is 13.1. The van der Waals surface area contributed by atoms with Crippen LogP contribution >= 0.6 is 23.6 Å². The van der Waals surface area contributed by atoms with Gasteiger partial charge in [-0.3, -0.25) is 14.5 Å². The molecule has 3 aromatic rings. The monoisotopic (exact) mass is 463 g/mol. The summed E-state index contributed by atoms with van der Waals surface area (Å²) in [6.45, 7) is 2.95. The number of hydrogen-bond donors (Lipinski definition) is 1. The van der Waals surface area contributed by atoms with E-state index < -0.39 is 16.1 Å². The predicted octanol–water partition coefficient (Wildman–Crippen LogP) is 2.76. The first kappa shape index (κ1) is 20.9. The third-order valence-corrected chi connectivity index (χ3v) is 8.19. The number of aromatic amines is 1. The average Bonchev–Trinajstić information content (AvgIpc) is 3.43. The Labute approximate surface area is 183 Å². The van der Waals surface area contributed by atoms with Crippen molar-refractivity contribution in [1.29, 1.82) is 0 Å². The Hall–Kier alpha value is -2.34. The summed E-state index contributed by atoms with van der Waals surface area (Å²) in [5.41, 5.74) is 0. The van der Waals surface area contributed by atoms with Gasteiger partial charge >= 0.3 is 0 Å². The van der Waals surface area contributed by atoms with Crippen LogP contribution in [-0.2, 0) is 14.8 Å². The molecule has 0 saturated carbocycles. The zero-order chi connectivity index (χ0) is 21.3. The Morgan fingerprint density at radius 3 is 2.47 bits per heavy atom. The Kier molecular flexibility index (Phi) is 5.87. The highest BCUT2D eigenvalue weighted by Crippen LogP contribution is 2.27. The van der Waals surface area contributed by atoms with Crippen molar-refractivity contribution in [3.63, 3.8) is 0 Å². The smallest absolute Gasteiger partial charge is 0.245 e. The highest BCUT2D eigenvalue weighted by atomic mass is 32.2. The topological polar surface area (TPSA) is 91.3 Å². The molecule has 1 saturated heterocycles. The number of aromatic nitrogens is 3. The number of nitrogens with one attached hydrogen (secondary N) is 1. The second-order valence-electron chi connectivity index (χ2n) is 6.92. The molecule has 1 aliphatic rings. The van der Waals surface area contributed by atoms with Gasteiger partial charge in [0.15, 0.2) is 10.6 Å². The maximum atomic E-state index is 13.1. The van der Waals surface area contributed by atoms with E-state index >= 15 is 0 Å². The molecule has 30 heavy (non-hydrogen) atoms. The number of H-pyrrole nitrogens is 1. The van der Waals surface area contributed by atoms with Gasteiger partial charge in [0.05, 0.1) is 9.77 Å². The van der Waals surface area contributed by atoms with Crippen LogP contribution in [0.15, 0.2) is 52.7 Å². The minimum absolute atomic E-state index is 0.109. The molecule has 1 unspecified atom stereocenters. The molecule has 1 amide bonds. The number of rotatable bonds is 5. The standard InChI is InChI=1S/C19H21N5O3S3/c1-14(24-17(20-21-19(24)28)16-8-5-13-29-16)18(25)22-9-11-23(12-10-22)30(26,27)15-6-3-2-4-7-15/h2-8,13-14H,9-12H2,1H3,(H,21,28). The van der Waals surface area contributed by atoms with Gasteiger partial charge in [-0.25, -0.2) is 8.42 Å². The molecule has 0 bridgehead atoms. The van der Waals surface area contributed by atoms with Crippen molar-refractivity contribution in [3.05, 3.63) is 52.6 Å². The van der Waals surface area contributed by atoms with Gasteiger partial charge in [-0.15, -0.1) is 11.3 Å². The Morgan fingerprint density at radius 1 is 1.13 bits per heavy atom. The normalized spacial score (nSPS) is 16.5. The summed E-state index contributed by atoms with van der Waals surface area (Å²) in [7, 11) is -3.56. The molecule has 11 heteroatoms. The van der Waals surface area contributed by atoms with Gasteiger partial charge in [-0.1, -0.05) is 24.3 Å². The van der Waals surface area contributed by atoms with Crippen LogP contribution in [0.2, 0.25) is 0 Å². The molecule has 0 radical (unpaired) electrons. The van der Waals surface area contributed by atoms with Crippen molar-refractivity contribution in [1.82, 2.24) is 24.0 Å². The van der Waals surface area contributed by atoms with Crippen molar-refractivity contribution >= 4 is 39.5 Å². The summed E-state index contributed by atoms with van der Waals surface area (Å²) < 4.78 is 29.1. The van der Waals surface area contributed by atoms with E-state index in [4.69, 9.17) is 12.2 Å². The second kappa shape index (κ2) is 8.42. The first-order chi connectivity index (χ1) is 14.4. The van der Waals surface area contributed by atoms with Crippen LogP contribution in [0.5, 0.6) is 0 Å². The van der Waals surface area contributed by atoms with Crippen molar-refractivity contribution in [2.75, 3.05) is 26.2 Å². The van der Waals surface area contributed by atoms with E-state index in [0.717, 1.165) is 4.88 Å². The number of hydrogen-bond acceptors (Lipinski definition) is 6. The summed E-state index contributed by atoms with van der Waals surface area (Å²) in [5.74, 6) is 0.517. The minimum Gasteiger partial charge on any atom is -0.338 e. The van der Waals surface area contributed by atoms with E-state index in [9.17, 15) is 13.2 Å². The molecule has 8 nitrogen and oxygen atoms in total. The van der Waals surface area contributed by atoms with E-state index in [-0.39, 0.29) is 23.9 Å². The number of carbonyl (C=O) groups is 1. The number of amides is 1. The Balaban J connectivity index is 1.48. The van der Waals surface area contributed by atoms with Crippen LogP contribution in [0.3, 0.4) is 0 Å². The van der Waals surface area contributed by atoms with E-state index in [1.165, 1.54) is 15.6 Å². The molecule has 1 aromatic carbocycles. The lowest BCUT2D eigenvalue weighted by Crippen LogP contribution is -2.51. The molecule has 158 valence electrons. The fourth-order valence-corrected chi connectivity index (χ4v) is 5.95. The molecule has 1 aliphatic heterocycles. The van der Waals surface area contributed by atoms with Crippen LogP contribution in [0.4, 0.5) is 0 Å². The molecule has 1 N–H and O–H groups in total. The minimum atomic E-state index is -3.56. The quantitative estimate of drug-likeness (QED) is 0.588. The van der Waals surface area contributed by atoms with E-state index in [2.05, 4.69) is 10.2 Å². The fourth-order valence-electron chi connectivity index (χ4n) is 3.51. The first-order valence-electron chi connectivity index (χ1n) is 9.44. The van der Waals surface area contributed by atoms with Crippen molar-refractivity contribution < 1.29 is 13.2 Å². The SMILES string of the molecule is CC(C(=O)N1CCN(S(=O)(=O)c2ccccc2)CC1)n1c(-c2cccs2)n[nH]c1=S. The van der Waals surface area contributed by atoms with Crippen LogP contribution in [0.1, 0.15) is 13.0 Å². The molecule has 1 atom stereocenters. The average molecular weight is 464 g/mol. The van der Waals surface area contributed by atoms with Gasteiger partial charge in [0, 0.05) is 26.2 Å². The number of thiophene rings is 1. The van der Waals surface area contributed by atoms with E-state index in [1.54, 1.807) is 46.7 Å². The van der Waals surface area contributed by atoms with Crippen LogP contribution in [0.25, 0.3) is 10.7 Å². The van der Waals surface area contributed by atoms with Crippen LogP contribution < -0.4 is 0 Å². The van der Waals surface area contributed by atoms with Gasteiger partial charge in [0.2, 0.25) is 15.9 Å². The summed E-state index contributed by atoms with van der Waals surface area (Å²) in [6, 6.07) is 11.6. The van der Waals surface area contributed by atoms with E-state index in [1.807, 2.05) is 17.5 Å². The van der Waals surface area contributed by atoms with E-state index in [0.29, 0.717) is 23.7 Å². The number of nitrogens with zero attached hydrogens (tertiary/aromatic N) is 4. The summed E-state index contributed by atoms with van der Waals surface area (Å²) in [6.07, 6.45) is 0. The summed E-state index contributed by atoms with van der Waals surface area (Å²) in [5, 5.41) is 9.00. The van der Waals surface area contributed by atoms with Gasteiger partial charge in [0.25, 0.3) is 0 Å². The lowest BCUT2D eigenvalue weighted by molar-refractivity contribution is -0.135. The Bertz CT molecular complexity index is 1180. The van der Waals surface area contributed by atoms with Crippen LogP contribution in [-0.4, -0.2) is 64.5 Å². The fraction of sp³-hybridized carbons (Fsp3) is 0.316.